The maximum absolute atomic E-state index is 12.7. The minimum atomic E-state index is -0.709. The van der Waals surface area contributed by atoms with E-state index in [-0.39, 0.29) is 11.9 Å². The molecule has 0 saturated carbocycles. The smallest absolute Gasteiger partial charge is 0.311 e. The molecule has 2 atom stereocenters. The van der Waals surface area contributed by atoms with E-state index in [0.29, 0.717) is 38.8 Å². The number of likely N-dealkylation sites (N-methyl/N-ethyl adjacent to an activating group) is 1. The van der Waals surface area contributed by atoms with Crippen LogP contribution in [-0.4, -0.2) is 66.6 Å². The van der Waals surface area contributed by atoms with Crippen LogP contribution in [0.2, 0.25) is 0 Å². The van der Waals surface area contributed by atoms with Gasteiger partial charge in [-0.2, -0.15) is 0 Å². The van der Waals surface area contributed by atoms with Crippen molar-refractivity contribution < 1.29 is 19.4 Å². The van der Waals surface area contributed by atoms with Crippen molar-refractivity contribution in [3.05, 3.63) is 29.8 Å². The Morgan fingerprint density at radius 2 is 1.96 bits per heavy atom. The molecule has 0 unspecified atom stereocenters. The normalized spacial score (nSPS) is 26.2. The van der Waals surface area contributed by atoms with E-state index in [9.17, 15) is 14.7 Å². The molecule has 0 radical (unpaired) electrons. The summed E-state index contributed by atoms with van der Waals surface area (Å²) in [7, 11) is 3.61. The van der Waals surface area contributed by atoms with Crippen LogP contribution >= 0.6 is 0 Å². The van der Waals surface area contributed by atoms with Crippen LogP contribution in [0.25, 0.3) is 0 Å². The fourth-order valence-corrected chi connectivity index (χ4v) is 4.41. The zero-order valence-electron chi connectivity index (χ0n) is 15.6. The van der Waals surface area contributed by atoms with Crippen LogP contribution in [0.4, 0.5) is 0 Å². The summed E-state index contributed by atoms with van der Waals surface area (Å²) in [4.78, 5) is 28.6. The molecule has 2 saturated heterocycles. The van der Waals surface area contributed by atoms with E-state index in [1.165, 1.54) is 0 Å². The number of benzene rings is 1. The van der Waals surface area contributed by atoms with Gasteiger partial charge in [-0.25, -0.2) is 0 Å². The molecule has 2 fully saturated rings. The van der Waals surface area contributed by atoms with Crippen molar-refractivity contribution in [1.82, 2.24) is 9.80 Å². The minimum absolute atomic E-state index is 0.0903. The average Bonchev–Trinajstić information content (AvgIpc) is 2.66. The molecule has 3 rings (SSSR count). The summed E-state index contributed by atoms with van der Waals surface area (Å²) in [6.45, 7) is 1.95. The molecular formula is C20H28N2O4. The second kappa shape index (κ2) is 7.66. The lowest BCUT2D eigenvalue weighted by Gasteiger charge is -2.51. The third kappa shape index (κ3) is 3.56. The third-order valence-corrected chi connectivity index (χ3v) is 6.09. The highest BCUT2D eigenvalue weighted by molar-refractivity contribution is 5.79. The van der Waals surface area contributed by atoms with Gasteiger partial charge < -0.3 is 19.6 Å². The quantitative estimate of drug-likeness (QED) is 0.870. The molecular weight excluding hydrogens is 332 g/mol. The number of aryl methyl sites for hydroxylation is 1. The first-order valence-corrected chi connectivity index (χ1v) is 9.30. The molecule has 6 nitrogen and oxygen atoms in total. The number of carboxylic acids is 1. The van der Waals surface area contributed by atoms with Gasteiger partial charge in [0.1, 0.15) is 5.75 Å². The van der Waals surface area contributed by atoms with E-state index in [1.807, 2.05) is 36.2 Å². The van der Waals surface area contributed by atoms with Gasteiger partial charge in [-0.05, 0) is 57.0 Å². The number of aliphatic carboxylic acids is 1. The molecule has 142 valence electrons. The lowest BCUT2D eigenvalue weighted by Crippen LogP contribution is -2.63. The number of hydrogen-bond donors (Lipinski definition) is 1. The number of nitrogens with zero attached hydrogens (tertiary/aromatic N) is 2. The lowest BCUT2D eigenvalue weighted by molar-refractivity contribution is -0.165. The van der Waals surface area contributed by atoms with Gasteiger partial charge in [-0.15, -0.1) is 0 Å². The highest BCUT2D eigenvalue weighted by atomic mass is 16.5. The van der Waals surface area contributed by atoms with Gasteiger partial charge in [-0.3, -0.25) is 9.59 Å². The van der Waals surface area contributed by atoms with Crippen molar-refractivity contribution in [3.63, 3.8) is 0 Å². The van der Waals surface area contributed by atoms with Gasteiger partial charge >= 0.3 is 5.97 Å². The summed E-state index contributed by atoms with van der Waals surface area (Å²) in [6.07, 6.45) is 3.30. The number of carbonyl (C=O) groups is 2. The first-order valence-electron chi connectivity index (χ1n) is 9.30. The van der Waals surface area contributed by atoms with E-state index in [0.717, 1.165) is 24.3 Å². The first-order chi connectivity index (χ1) is 12.5. The van der Waals surface area contributed by atoms with Gasteiger partial charge in [0.05, 0.1) is 12.5 Å². The summed E-state index contributed by atoms with van der Waals surface area (Å²) in [5.74, 6) is 0.208. The van der Waals surface area contributed by atoms with Crippen molar-refractivity contribution in [2.24, 2.45) is 5.41 Å². The van der Waals surface area contributed by atoms with E-state index < -0.39 is 11.4 Å². The Bertz CT molecular complexity index is 660. The number of piperidine rings is 2. The number of rotatable bonds is 5. The molecule has 0 aromatic heterocycles. The highest BCUT2D eigenvalue weighted by Crippen LogP contribution is 2.42. The minimum Gasteiger partial charge on any atom is -0.497 e. The molecule has 0 aliphatic carbocycles. The van der Waals surface area contributed by atoms with Crippen LogP contribution in [0.1, 0.15) is 31.2 Å². The van der Waals surface area contributed by atoms with Gasteiger partial charge in [-0.1, -0.05) is 12.1 Å². The fraction of sp³-hybridized carbons (Fsp3) is 0.600. The summed E-state index contributed by atoms with van der Waals surface area (Å²) >= 11 is 0. The zero-order valence-corrected chi connectivity index (χ0v) is 15.6. The second-order valence-corrected chi connectivity index (χ2v) is 7.50. The van der Waals surface area contributed by atoms with Crippen LogP contribution in [-0.2, 0) is 16.0 Å². The maximum Gasteiger partial charge on any atom is 0.311 e. The number of amides is 1. The second-order valence-electron chi connectivity index (χ2n) is 7.50. The Kier molecular flexibility index (Phi) is 5.51. The van der Waals surface area contributed by atoms with Crippen LogP contribution in [0.3, 0.4) is 0 Å². The lowest BCUT2D eigenvalue weighted by atomic mass is 9.68. The van der Waals surface area contributed by atoms with Crippen LogP contribution < -0.4 is 4.74 Å². The number of carbonyl (C=O) groups excluding carboxylic acids is 1. The summed E-state index contributed by atoms with van der Waals surface area (Å²) in [5, 5.41) is 9.82. The number of hydrogen-bond acceptors (Lipinski definition) is 4. The standard InChI is InChI=1S/C20H28N2O4/c1-21-12-3-10-20(19(24)25)11-13-22(14-17(20)21)18(23)9-6-15-4-7-16(26-2)8-5-15/h4-5,7-8,17H,3,6,9-14H2,1-2H3,(H,24,25)/t17-,20+/m1/s1. The van der Waals surface area contributed by atoms with Gasteiger partial charge in [0, 0.05) is 25.6 Å². The molecule has 1 aromatic carbocycles. The molecule has 2 heterocycles. The topological polar surface area (TPSA) is 70.1 Å². The molecule has 0 bridgehead atoms. The number of ether oxygens (including phenoxy) is 1. The largest absolute Gasteiger partial charge is 0.497 e. The van der Waals surface area contributed by atoms with Crippen molar-refractivity contribution in [2.75, 3.05) is 33.8 Å². The monoisotopic (exact) mass is 360 g/mol. The van der Waals surface area contributed by atoms with Crippen LogP contribution in [0.15, 0.2) is 24.3 Å². The summed E-state index contributed by atoms with van der Waals surface area (Å²) in [6, 6.07) is 7.67. The molecule has 1 amide bonds. The number of fused-ring (bicyclic) bond motifs is 1. The Labute approximate surface area is 154 Å². The van der Waals surface area contributed by atoms with Gasteiger partial charge in [0.2, 0.25) is 5.91 Å². The summed E-state index contributed by atoms with van der Waals surface area (Å²) in [5.41, 5.74) is 0.408. The van der Waals surface area contributed by atoms with Gasteiger partial charge in [0.25, 0.3) is 0 Å². The molecule has 1 N–H and O–H groups in total. The number of carboxylic acid groups (broad SMARTS) is 1. The Morgan fingerprint density at radius 1 is 1.23 bits per heavy atom. The zero-order chi connectivity index (χ0) is 18.7. The Balaban J connectivity index is 1.61. The Morgan fingerprint density at radius 3 is 2.62 bits per heavy atom. The maximum atomic E-state index is 12.7. The van der Waals surface area contributed by atoms with Crippen LogP contribution in [0.5, 0.6) is 5.75 Å². The van der Waals surface area contributed by atoms with E-state index >= 15 is 0 Å². The van der Waals surface area contributed by atoms with Crippen LogP contribution in [0, 0.1) is 5.41 Å². The van der Waals surface area contributed by atoms with E-state index in [2.05, 4.69) is 4.90 Å². The van der Waals surface area contributed by atoms with Crippen molar-refractivity contribution in [1.29, 1.82) is 0 Å². The number of methoxy groups -OCH3 is 1. The number of likely N-dealkylation sites (tertiary alicyclic amines) is 2. The van der Waals surface area contributed by atoms with Crippen molar-refractivity contribution in [2.45, 2.75) is 38.1 Å². The molecule has 2 aliphatic heterocycles. The molecule has 26 heavy (non-hydrogen) atoms. The predicted octanol–water partition coefficient (Wildman–Crippen LogP) is 2.03. The fourth-order valence-electron chi connectivity index (χ4n) is 4.41. The summed E-state index contributed by atoms with van der Waals surface area (Å²) < 4.78 is 5.15. The van der Waals surface area contributed by atoms with Crippen molar-refractivity contribution in [3.8, 4) is 5.75 Å². The molecule has 0 spiro atoms. The SMILES string of the molecule is COc1ccc(CCC(=O)N2CC[C@@]3(C(=O)O)CCCN(C)[C@@H]3C2)cc1. The first kappa shape index (κ1) is 18.7. The molecule has 1 aromatic rings. The van der Waals surface area contributed by atoms with Gasteiger partial charge in [0.15, 0.2) is 0 Å². The van der Waals surface area contributed by atoms with E-state index in [1.54, 1.807) is 7.11 Å². The molecule has 6 heteroatoms. The highest BCUT2D eigenvalue weighted by Gasteiger charge is 2.52. The van der Waals surface area contributed by atoms with E-state index in [4.69, 9.17) is 4.74 Å². The average molecular weight is 360 g/mol. The third-order valence-electron chi connectivity index (χ3n) is 6.09. The van der Waals surface area contributed by atoms with Crippen molar-refractivity contribution >= 4 is 11.9 Å². The molecule has 2 aliphatic rings. The predicted molar refractivity (Wildman–Crippen MR) is 98.2 cm³/mol. The Hall–Kier alpha value is -2.08.